The summed E-state index contributed by atoms with van der Waals surface area (Å²) < 4.78 is 5.50. The zero-order valence-corrected chi connectivity index (χ0v) is 16.9. The Bertz CT molecular complexity index is 1120. The fraction of sp³-hybridized carbons (Fsp3) is 0.120. The zero-order valence-electron chi connectivity index (χ0n) is 16.1. The number of ether oxygens (including phenoxy) is 1. The number of halogens is 1. The lowest BCUT2D eigenvalue weighted by molar-refractivity contribution is 0.144. The van der Waals surface area contributed by atoms with Crippen molar-refractivity contribution in [3.05, 3.63) is 100 Å². The standard InChI is InChI=1S/C25H19ClN2O2/c26-24-12-11-17(15-27)14-18(24)6-5-13-28-25(29)30-16-23-21-9-3-1-7-19(21)20-8-2-4-10-22(20)23/h1-12,14,23H,13,16H2,(H,28,29). The average Bonchev–Trinajstić information content (AvgIpc) is 3.10. The second kappa shape index (κ2) is 8.86. The molecule has 30 heavy (non-hydrogen) atoms. The van der Waals surface area contributed by atoms with E-state index >= 15 is 0 Å². The van der Waals surface area contributed by atoms with Gasteiger partial charge in [-0.25, -0.2) is 4.79 Å². The summed E-state index contributed by atoms with van der Waals surface area (Å²) in [4.78, 5) is 12.2. The van der Waals surface area contributed by atoms with Crippen LogP contribution in [0.5, 0.6) is 0 Å². The summed E-state index contributed by atoms with van der Waals surface area (Å²) in [5, 5.41) is 12.2. The fourth-order valence-electron chi connectivity index (χ4n) is 3.72. The monoisotopic (exact) mass is 414 g/mol. The minimum Gasteiger partial charge on any atom is -0.449 e. The van der Waals surface area contributed by atoms with E-state index in [9.17, 15) is 4.79 Å². The second-order valence-corrected chi connectivity index (χ2v) is 7.36. The molecule has 0 fully saturated rings. The first-order chi connectivity index (χ1) is 14.7. The highest BCUT2D eigenvalue weighted by Gasteiger charge is 2.28. The predicted octanol–water partition coefficient (Wildman–Crippen LogP) is 5.76. The van der Waals surface area contributed by atoms with Gasteiger partial charge in [0, 0.05) is 17.5 Å². The van der Waals surface area contributed by atoms with E-state index < -0.39 is 6.09 Å². The Morgan fingerprint density at radius 2 is 1.73 bits per heavy atom. The van der Waals surface area contributed by atoms with Gasteiger partial charge in [-0.3, -0.25) is 0 Å². The van der Waals surface area contributed by atoms with Gasteiger partial charge < -0.3 is 10.1 Å². The first kappa shape index (κ1) is 19.8. The number of nitrogens with one attached hydrogen (secondary N) is 1. The molecule has 0 atom stereocenters. The minimum atomic E-state index is -0.474. The molecular formula is C25H19ClN2O2. The molecule has 3 aromatic rings. The minimum absolute atomic E-state index is 0.0335. The number of rotatable bonds is 5. The molecule has 0 saturated heterocycles. The number of fused-ring (bicyclic) bond motifs is 3. The van der Waals surface area contributed by atoms with Crippen LogP contribution in [0.25, 0.3) is 17.2 Å². The van der Waals surface area contributed by atoms with E-state index in [0.29, 0.717) is 17.1 Å². The Morgan fingerprint density at radius 3 is 2.40 bits per heavy atom. The number of alkyl carbamates (subject to hydrolysis) is 1. The van der Waals surface area contributed by atoms with Crippen LogP contribution in [0.2, 0.25) is 5.02 Å². The Morgan fingerprint density at radius 1 is 1.07 bits per heavy atom. The molecule has 0 aliphatic heterocycles. The molecule has 0 bridgehead atoms. The van der Waals surface area contributed by atoms with E-state index in [4.69, 9.17) is 21.6 Å². The number of nitrogens with zero attached hydrogens (tertiary/aromatic N) is 1. The molecule has 0 unspecified atom stereocenters. The van der Waals surface area contributed by atoms with Gasteiger partial charge in [0.05, 0.1) is 11.6 Å². The summed E-state index contributed by atoms with van der Waals surface area (Å²) in [6.07, 6.45) is 3.06. The van der Waals surface area contributed by atoms with Gasteiger partial charge in [-0.1, -0.05) is 72.3 Å². The van der Waals surface area contributed by atoms with Crippen LogP contribution in [-0.2, 0) is 4.74 Å². The van der Waals surface area contributed by atoms with Crippen molar-refractivity contribution < 1.29 is 9.53 Å². The second-order valence-electron chi connectivity index (χ2n) is 6.96. The van der Waals surface area contributed by atoms with E-state index in [1.54, 1.807) is 30.4 Å². The first-order valence-electron chi connectivity index (χ1n) is 9.62. The van der Waals surface area contributed by atoms with E-state index in [-0.39, 0.29) is 12.5 Å². The highest BCUT2D eigenvalue weighted by atomic mass is 35.5. The zero-order chi connectivity index (χ0) is 20.9. The number of carbonyl (C=O) groups is 1. The van der Waals surface area contributed by atoms with Crippen LogP contribution in [0.4, 0.5) is 4.79 Å². The molecule has 148 valence electrons. The van der Waals surface area contributed by atoms with E-state index in [2.05, 4.69) is 35.7 Å². The van der Waals surface area contributed by atoms with Gasteiger partial charge >= 0.3 is 6.09 Å². The predicted molar refractivity (Wildman–Crippen MR) is 118 cm³/mol. The Balaban J connectivity index is 1.34. The van der Waals surface area contributed by atoms with Crippen LogP contribution in [0.3, 0.4) is 0 Å². The van der Waals surface area contributed by atoms with Crippen molar-refractivity contribution in [2.24, 2.45) is 0 Å². The molecule has 4 nitrogen and oxygen atoms in total. The number of hydrogen-bond donors (Lipinski definition) is 1. The SMILES string of the molecule is N#Cc1ccc(Cl)c(C=CCNC(=O)OCC2c3ccccc3-c3ccccc32)c1. The molecular weight excluding hydrogens is 396 g/mol. The number of carbonyl (C=O) groups excluding carboxylic acids is 1. The normalized spacial score (nSPS) is 12.3. The van der Waals surface area contributed by atoms with Gasteiger partial charge in [0.15, 0.2) is 0 Å². The van der Waals surface area contributed by atoms with Crippen molar-refractivity contribution in [3.63, 3.8) is 0 Å². The molecule has 1 aliphatic rings. The maximum Gasteiger partial charge on any atom is 0.407 e. The van der Waals surface area contributed by atoms with Crippen LogP contribution >= 0.6 is 11.6 Å². The molecule has 0 heterocycles. The molecule has 5 heteroatoms. The molecule has 0 saturated carbocycles. The Hall–Kier alpha value is -3.55. The van der Waals surface area contributed by atoms with Crippen molar-refractivity contribution in [2.75, 3.05) is 13.2 Å². The molecule has 1 amide bonds. The smallest absolute Gasteiger partial charge is 0.407 e. The van der Waals surface area contributed by atoms with Gasteiger partial charge in [-0.15, -0.1) is 0 Å². The molecule has 0 radical (unpaired) electrons. The Kier molecular flexibility index (Phi) is 5.83. The van der Waals surface area contributed by atoms with Crippen LogP contribution < -0.4 is 5.32 Å². The van der Waals surface area contributed by atoms with Crippen molar-refractivity contribution in [3.8, 4) is 17.2 Å². The quantitative estimate of drug-likeness (QED) is 0.577. The Labute approximate surface area is 180 Å². The third kappa shape index (κ3) is 4.07. The summed E-state index contributed by atoms with van der Waals surface area (Å²) >= 11 is 6.13. The van der Waals surface area contributed by atoms with E-state index in [1.165, 1.54) is 22.3 Å². The number of benzene rings is 3. The van der Waals surface area contributed by atoms with Crippen LogP contribution in [-0.4, -0.2) is 19.2 Å². The van der Waals surface area contributed by atoms with Crippen molar-refractivity contribution in [2.45, 2.75) is 5.92 Å². The van der Waals surface area contributed by atoms with Crippen molar-refractivity contribution in [1.82, 2.24) is 5.32 Å². The lowest BCUT2D eigenvalue weighted by atomic mass is 9.98. The third-order valence-electron chi connectivity index (χ3n) is 5.13. The maximum atomic E-state index is 12.2. The van der Waals surface area contributed by atoms with Crippen molar-refractivity contribution >= 4 is 23.8 Å². The van der Waals surface area contributed by atoms with Gasteiger partial charge in [0.2, 0.25) is 0 Å². The topological polar surface area (TPSA) is 62.1 Å². The number of hydrogen-bond acceptors (Lipinski definition) is 3. The molecule has 4 rings (SSSR count). The molecule has 3 aromatic carbocycles. The van der Waals surface area contributed by atoms with Crippen molar-refractivity contribution in [1.29, 1.82) is 5.26 Å². The molecule has 0 spiro atoms. The summed E-state index contributed by atoms with van der Waals surface area (Å²) in [5.41, 5.74) is 6.01. The van der Waals surface area contributed by atoms with E-state index in [0.717, 1.165) is 5.56 Å². The third-order valence-corrected chi connectivity index (χ3v) is 5.47. The molecule has 1 N–H and O–H groups in total. The largest absolute Gasteiger partial charge is 0.449 e. The highest BCUT2D eigenvalue weighted by molar-refractivity contribution is 6.32. The summed E-state index contributed by atoms with van der Waals surface area (Å²) in [6, 6.07) is 23.6. The molecule has 1 aliphatic carbocycles. The lowest BCUT2D eigenvalue weighted by Crippen LogP contribution is -2.26. The van der Waals surface area contributed by atoms with Crippen LogP contribution in [0.15, 0.2) is 72.8 Å². The lowest BCUT2D eigenvalue weighted by Gasteiger charge is -2.14. The average molecular weight is 415 g/mol. The first-order valence-corrected chi connectivity index (χ1v) is 10.00. The highest BCUT2D eigenvalue weighted by Crippen LogP contribution is 2.44. The summed E-state index contributed by atoms with van der Waals surface area (Å²) in [6.45, 7) is 0.573. The van der Waals surface area contributed by atoms with Crippen LogP contribution in [0.1, 0.15) is 28.2 Å². The fourth-order valence-corrected chi connectivity index (χ4v) is 3.90. The summed E-state index contributed by atoms with van der Waals surface area (Å²) in [7, 11) is 0. The van der Waals surface area contributed by atoms with Gasteiger partial charge in [0.25, 0.3) is 0 Å². The van der Waals surface area contributed by atoms with E-state index in [1.807, 2.05) is 24.3 Å². The van der Waals surface area contributed by atoms with Gasteiger partial charge in [-0.2, -0.15) is 5.26 Å². The molecule has 0 aromatic heterocycles. The summed E-state index contributed by atoms with van der Waals surface area (Å²) in [5.74, 6) is 0.0335. The number of amides is 1. The number of nitriles is 1. The van der Waals surface area contributed by atoms with Gasteiger partial charge in [-0.05, 0) is 46.0 Å². The maximum absolute atomic E-state index is 12.2. The van der Waals surface area contributed by atoms with Crippen LogP contribution in [0, 0.1) is 11.3 Å². The van der Waals surface area contributed by atoms with Gasteiger partial charge in [0.1, 0.15) is 6.61 Å².